The Hall–Kier alpha value is 1.19. The fourth-order valence-corrected chi connectivity index (χ4v) is 11.0. The molecule has 0 aromatic rings. The fraction of sp³-hybridized carbons (Fsp3) is 0.977. The molecule has 0 heterocycles. The molecule has 0 N–H and O–H groups in total. The SMILES string of the molecule is [CH]CCCC(CC)CC(CC(CC(CC)CC)CC(CC)CC)CC(CC(CC(CC)CC)CC(CC)CC)CP(=O)([O-])CCC.[Na+]. The molecule has 0 bridgehead atoms. The molecule has 0 spiro atoms. The first-order valence-corrected chi connectivity index (χ1v) is 23.0. The van der Waals surface area contributed by atoms with E-state index in [0.29, 0.717) is 36.0 Å². The van der Waals surface area contributed by atoms with E-state index < -0.39 is 7.37 Å². The molecule has 0 aliphatic carbocycles. The smallest absolute Gasteiger partial charge is 0.799 e. The van der Waals surface area contributed by atoms with Crippen molar-refractivity contribution in [3.63, 3.8) is 0 Å². The van der Waals surface area contributed by atoms with Gasteiger partial charge in [-0.05, 0) is 130 Å². The Morgan fingerprint density at radius 2 is 0.745 bits per heavy atom. The Labute approximate surface area is 321 Å². The van der Waals surface area contributed by atoms with Gasteiger partial charge in [0.1, 0.15) is 0 Å². The van der Waals surface area contributed by atoms with Gasteiger partial charge in [-0.1, -0.05) is 146 Å². The van der Waals surface area contributed by atoms with Crippen molar-refractivity contribution in [3.8, 4) is 0 Å². The summed E-state index contributed by atoms with van der Waals surface area (Å²) in [6.07, 6.45) is 26.0. The Morgan fingerprint density at radius 3 is 1.02 bits per heavy atom. The van der Waals surface area contributed by atoms with Gasteiger partial charge in [0.25, 0.3) is 0 Å². The van der Waals surface area contributed by atoms with E-state index in [0.717, 1.165) is 61.7 Å². The zero-order valence-electron chi connectivity index (χ0n) is 34.3. The van der Waals surface area contributed by atoms with Crippen LogP contribution in [0.1, 0.15) is 204 Å². The van der Waals surface area contributed by atoms with Crippen molar-refractivity contribution in [3.05, 3.63) is 6.92 Å². The molecule has 0 saturated carbocycles. The summed E-state index contributed by atoms with van der Waals surface area (Å²) in [7, 11) is -3.38. The van der Waals surface area contributed by atoms with E-state index in [1.54, 1.807) is 0 Å². The van der Waals surface area contributed by atoms with Gasteiger partial charge in [-0.15, -0.1) is 0 Å². The molecule has 276 valence electrons. The van der Waals surface area contributed by atoms with Gasteiger partial charge in [0.05, 0.1) is 0 Å². The van der Waals surface area contributed by atoms with Gasteiger partial charge < -0.3 is 9.46 Å². The summed E-state index contributed by atoms with van der Waals surface area (Å²) < 4.78 is 13.6. The van der Waals surface area contributed by atoms with E-state index in [1.807, 2.05) is 6.92 Å². The molecule has 0 rings (SSSR count). The normalized spacial score (nSPS) is 15.6. The average Bonchev–Trinajstić information content (AvgIpc) is 3.04. The third-order valence-electron chi connectivity index (χ3n) is 12.4. The second-order valence-corrected chi connectivity index (χ2v) is 18.4. The van der Waals surface area contributed by atoms with Crippen molar-refractivity contribution in [2.75, 3.05) is 12.3 Å². The van der Waals surface area contributed by atoms with Crippen molar-refractivity contribution in [1.29, 1.82) is 0 Å². The summed E-state index contributed by atoms with van der Waals surface area (Å²) in [5, 5.41) is 0. The van der Waals surface area contributed by atoms with E-state index in [9.17, 15) is 9.46 Å². The van der Waals surface area contributed by atoms with Crippen LogP contribution in [0.3, 0.4) is 0 Å². The molecule has 0 aliphatic rings. The Bertz CT molecular complexity index is 685. The predicted octanol–water partition coefficient (Wildman–Crippen LogP) is 11.3. The van der Waals surface area contributed by atoms with Gasteiger partial charge in [-0.2, -0.15) is 0 Å². The molecule has 4 atom stereocenters. The summed E-state index contributed by atoms with van der Waals surface area (Å²) in [6.45, 7) is 29.4. The first kappa shape index (κ1) is 50.3. The van der Waals surface area contributed by atoms with Crippen molar-refractivity contribution >= 4 is 7.37 Å². The molecule has 0 aromatic heterocycles. The van der Waals surface area contributed by atoms with Crippen molar-refractivity contribution in [2.24, 2.45) is 53.3 Å². The van der Waals surface area contributed by atoms with Crippen LogP contribution >= 0.6 is 7.37 Å². The molecule has 47 heavy (non-hydrogen) atoms. The summed E-state index contributed by atoms with van der Waals surface area (Å²) in [6, 6.07) is 0. The summed E-state index contributed by atoms with van der Waals surface area (Å²) in [5.74, 6) is 6.16. The molecule has 2 radical (unpaired) electrons. The van der Waals surface area contributed by atoms with Gasteiger partial charge in [0, 0.05) is 7.37 Å². The van der Waals surface area contributed by atoms with Crippen molar-refractivity contribution in [2.45, 2.75) is 204 Å². The van der Waals surface area contributed by atoms with Crippen LogP contribution in [0.15, 0.2) is 0 Å². The molecule has 2 nitrogen and oxygen atoms in total. The summed E-state index contributed by atoms with van der Waals surface area (Å²) in [4.78, 5) is 13.6. The zero-order valence-corrected chi connectivity index (χ0v) is 37.2. The molecule has 0 saturated heterocycles. The number of rotatable bonds is 32. The topological polar surface area (TPSA) is 40.1 Å². The first-order chi connectivity index (χ1) is 22.0. The molecular formula is C43H86NaO2P. The predicted molar refractivity (Wildman–Crippen MR) is 207 cm³/mol. The zero-order chi connectivity index (χ0) is 35.0. The van der Waals surface area contributed by atoms with E-state index in [2.05, 4.69) is 62.3 Å². The van der Waals surface area contributed by atoms with E-state index in [4.69, 9.17) is 6.92 Å². The van der Waals surface area contributed by atoms with Gasteiger partial charge in [-0.25, -0.2) is 0 Å². The fourth-order valence-electron chi connectivity index (χ4n) is 9.09. The second-order valence-electron chi connectivity index (χ2n) is 16.0. The van der Waals surface area contributed by atoms with Crippen LogP contribution in [0.4, 0.5) is 0 Å². The third-order valence-corrected chi connectivity index (χ3v) is 14.6. The molecule has 4 heteroatoms. The van der Waals surface area contributed by atoms with Crippen LogP contribution in [-0.4, -0.2) is 12.3 Å². The van der Waals surface area contributed by atoms with Gasteiger partial charge in [0.2, 0.25) is 0 Å². The molecule has 0 aromatic carbocycles. The van der Waals surface area contributed by atoms with Gasteiger partial charge in [0.15, 0.2) is 0 Å². The quantitative estimate of drug-likeness (QED) is 0.0521. The van der Waals surface area contributed by atoms with Gasteiger partial charge in [-0.3, -0.25) is 0 Å². The van der Waals surface area contributed by atoms with Crippen molar-refractivity contribution < 1.29 is 39.0 Å². The average molecular weight is 689 g/mol. The Kier molecular flexibility index (Phi) is 32.9. The van der Waals surface area contributed by atoms with Crippen LogP contribution in [0.2, 0.25) is 0 Å². The number of hydrogen-bond donors (Lipinski definition) is 0. The van der Waals surface area contributed by atoms with Crippen molar-refractivity contribution in [1.82, 2.24) is 0 Å². The maximum Gasteiger partial charge on any atom is 1.00 e. The largest absolute Gasteiger partial charge is 1.00 e. The van der Waals surface area contributed by atoms with Gasteiger partial charge >= 0.3 is 29.6 Å². The molecular weight excluding hydrogens is 602 g/mol. The minimum absolute atomic E-state index is 0. The number of unbranched alkanes of at least 4 members (excludes halogenated alkanes) is 1. The van der Waals surface area contributed by atoms with E-state index in [1.165, 1.54) is 103 Å². The first-order valence-electron chi connectivity index (χ1n) is 21.0. The maximum atomic E-state index is 13.6. The van der Waals surface area contributed by atoms with Crippen LogP contribution in [0, 0.1) is 60.2 Å². The summed E-state index contributed by atoms with van der Waals surface area (Å²) in [5.41, 5.74) is 0. The third kappa shape index (κ3) is 23.4. The number of hydrogen-bond acceptors (Lipinski definition) is 2. The molecule has 0 aliphatic heterocycles. The summed E-state index contributed by atoms with van der Waals surface area (Å²) >= 11 is 0. The van der Waals surface area contributed by atoms with Crippen LogP contribution < -0.4 is 34.5 Å². The van der Waals surface area contributed by atoms with E-state index >= 15 is 0 Å². The minimum atomic E-state index is -3.38. The van der Waals surface area contributed by atoms with Crippen LogP contribution in [-0.2, 0) is 4.57 Å². The Balaban J connectivity index is 0. The standard InChI is InChI=1S/C43H87O2P.Na/c1-12-23-24-39(22-11)30-42(31-40(26-35(14-3)15-4)27-36(16-5)17-6)33-43(34-46(44,45)25-13-2)32-41(28-37(18-7)19-8)29-38(20-9)21-10;/h1,35-43H,12-34H2,2-11H3,(H,44,45);/q;+1/p-1. The Morgan fingerprint density at radius 1 is 0.468 bits per heavy atom. The monoisotopic (exact) mass is 689 g/mol. The van der Waals surface area contributed by atoms with Crippen LogP contribution in [0.25, 0.3) is 0 Å². The maximum absolute atomic E-state index is 13.6. The second kappa shape index (κ2) is 30.8. The minimum Gasteiger partial charge on any atom is -0.799 e. The van der Waals surface area contributed by atoms with E-state index in [-0.39, 0.29) is 29.6 Å². The molecule has 4 unspecified atom stereocenters. The molecule has 0 fully saturated rings. The molecule has 0 amide bonds. The van der Waals surface area contributed by atoms with Crippen LogP contribution in [0.5, 0.6) is 0 Å².